The molecule has 0 radical (unpaired) electrons. The van der Waals surface area contributed by atoms with E-state index < -0.39 is 0 Å². The first-order valence-corrected chi connectivity index (χ1v) is 4.20. The van der Waals surface area contributed by atoms with Crippen molar-refractivity contribution in [3.8, 4) is 0 Å². The molecule has 5 heteroatoms. The third-order valence-electron chi connectivity index (χ3n) is 1.98. The molecule has 0 spiro atoms. The van der Waals surface area contributed by atoms with Crippen molar-refractivity contribution in [1.29, 1.82) is 0 Å². The van der Waals surface area contributed by atoms with Gasteiger partial charge in [0.1, 0.15) is 0 Å². The van der Waals surface area contributed by atoms with Gasteiger partial charge in [-0.05, 0) is 18.9 Å². The van der Waals surface area contributed by atoms with Gasteiger partial charge in [0.25, 0.3) is 5.69 Å². The quantitative estimate of drug-likeness (QED) is 0.582. The number of nitrogens with two attached hydrogens (primary N) is 1. The maximum Gasteiger partial charge on any atom is 0.272 e. The average molecular weight is 196 g/mol. The third kappa shape index (κ3) is 2.51. The van der Waals surface area contributed by atoms with Crippen molar-refractivity contribution in [1.82, 2.24) is 0 Å². The largest absolute Gasteiger partial charge is 0.304 e. The van der Waals surface area contributed by atoms with E-state index in [0.29, 0.717) is 18.6 Å². The molecule has 0 amide bonds. The standard InChI is InChI=1S/C9H12N2O3/c1-7-2-3-8(4-5-14-10)6-9(7)11(12)13/h2-3,6H,4-5,10H2,1H3. The minimum Gasteiger partial charge on any atom is -0.304 e. The molecule has 0 heterocycles. The zero-order chi connectivity index (χ0) is 10.6. The highest BCUT2D eigenvalue weighted by Crippen LogP contribution is 2.19. The fraction of sp³-hybridized carbons (Fsp3) is 0.333. The van der Waals surface area contributed by atoms with Gasteiger partial charge in [0, 0.05) is 11.6 Å². The van der Waals surface area contributed by atoms with Crippen LogP contribution in [0.2, 0.25) is 0 Å². The molecule has 2 N–H and O–H groups in total. The minimum atomic E-state index is -0.387. The van der Waals surface area contributed by atoms with E-state index in [1.165, 1.54) is 0 Å². The van der Waals surface area contributed by atoms with E-state index in [1.807, 2.05) is 6.07 Å². The lowest BCUT2D eigenvalue weighted by molar-refractivity contribution is -0.385. The number of hydrogen-bond donors (Lipinski definition) is 1. The molecule has 0 aromatic heterocycles. The van der Waals surface area contributed by atoms with Crippen LogP contribution in [0.1, 0.15) is 11.1 Å². The van der Waals surface area contributed by atoms with Crippen molar-refractivity contribution in [2.75, 3.05) is 6.61 Å². The predicted octanol–water partition coefficient (Wildman–Crippen LogP) is 1.34. The summed E-state index contributed by atoms with van der Waals surface area (Å²) in [5.41, 5.74) is 1.65. The van der Waals surface area contributed by atoms with Crippen LogP contribution in [-0.4, -0.2) is 11.5 Å². The van der Waals surface area contributed by atoms with Gasteiger partial charge in [-0.3, -0.25) is 10.1 Å². The van der Waals surface area contributed by atoms with E-state index in [9.17, 15) is 10.1 Å². The van der Waals surface area contributed by atoms with E-state index in [2.05, 4.69) is 4.84 Å². The highest BCUT2D eigenvalue weighted by molar-refractivity contribution is 5.42. The van der Waals surface area contributed by atoms with Gasteiger partial charge in [0.15, 0.2) is 0 Å². The summed E-state index contributed by atoms with van der Waals surface area (Å²) in [6.45, 7) is 2.07. The SMILES string of the molecule is Cc1ccc(CCON)cc1[N+](=O)[O-]. The summed E-state index contributed by atoms with van der Waals surface area (Å²) in [7, 11) is 0. The summed E-state index contributed by atoms with van der Waals surface area (Å²) in [5, 5.41) is 10.6. The lowest BCUT2D eigenvalue weighted by Gasteiger charge is -2.01. The highest BCUT2D eigenvalue weighted by Gasteiger charge is 2.10. The summed E-state index contributed by atoms with van der Waals surface area (Å²) >= 11 is 0. The second kappa shape index (κ2) is 4.69. The highest BCUT2D eigenvalue weighted by atomic mass is 16.6. The minimum absolute atomic E-state index is 0.138. The van der Waals surface area contributed by atoms with E-state index in [0.717, 1.165) is 5.56 Å². The van der Waals surface area contributed by atoms with Crippen LogP contribution in [0.3, 0.4) is 0 Å². The first-order valence-electron chi connectivity index (χ1n) is 4.20. The summed E-state index contributed by atoms with van der Waals surface area (Å²) in [6.07, 6.45) is 0.581. The Kier molecular flexibility index (Phi) is 3.55. The lowest BCUT2D eigenvalue weighted by atomic mass is 10.1. The molecule has 14 heavy (non-hydrogen) atoms. The molecule has 1 rings (SSSR count). The smallest absolute Gasteiger partial charge is 0.272 e. The van der Waals surface area contributed by atoms with E-state index >= 15 is 0 Å². The van der Waals surface area contributed by atoms with Crippen molar-refractivity contribution in [3.63, 3.8) is 0 Å². The van der Waals surface area contributed by atoms with Crippen molar-refractivity contribution in [2.45, 2.75) is 13.3 Å². The summed E-state index contributed by atoms with van der Waals surface area (Å²) in [4.78, 5) is 14.6. The van der Waals surface area contributed by atoms with Crippen LogP contribution in [0.5, 0.6) is 0 Å². The Morgan fingerprint density at radius 2 is 2.29 bits per heavy atom. The zero-order valence-corrected chi connectivity index (χ0v) is 7.90. The molecule has 1 aromatic carbocycles. The maximum atomic E-state index is 10.6. The van der Waals surface area contributed by atoms with Crippen LogP contribution in [0.15, 0.2) is 18.2 Å². The Bertz CT molecular complexity index is 339. The average Bonchev–Trinajstić information content (AvgIpc) is 2.16. The lowest BCUT2D eigenvalue weighted by Crippen LogP contribution is -2.04. The van der Waals surface area contributed by atoms with Gasteiger partial charge in [-0.1, -0.05) is 12.1 Å². The zero-order valence-electron chi connectivity index (χ0n) is 7.90. The van der Waals surface area contributed by atoms with Crippen molar-refractivity contribution in [3.05, 3.63) is 39.4 Å². The van der Waals surface area contributed by atoms with Crippen LogP contribution in [0, 0.1) is 17.0 Å². The Morgan fingerprint density at radius 3 is 2.86 bits per heavy atom. The normalized spacial score (nSPS) is 10.1. The third-order valence-corrected chi connectivity index (χ3v) is 1.98. The van der Waals surface area contributed by atoms with Crippen LogP contribution in [0.25, 0.3) is 0 Å². The van der Waals surface area contributed by atoms with E-state index in [1.54, 1.807) is 19.1 Å². The number of nitrogens with zero attached hydrogens (tertiary/aromatic N) is 1. The van der Waals surface area contributed by atoms with Gasteiger partial charge in [-0.2, -0.15) is 0 Å². The molecule has 76 valence electrons. The van der Waals surface area contributed by atoms with Crippen LogP contribution in [0.4, 0.5) is 5.69 Å². The molecule has 0 atom stereocenters. The Morgan fingerprint density at radius 1 is 1.57 bits per heavy atom. The van der Waals surface area contributed by atoms with Gasteiger partial charge in [0.05, 0.1) is 11.5 Å². The van der Waals surface area contributed by atoms with E-state index in [-0.39, 0.29) is 10.6 Å². The molecular weight excluding hydrogens is 184 g/mol. The number of benzene rings is 1. The molecule has 0 saturated carbocycles. The summed E-state index contributed by atoms with van der Waals surface area (Å²) < 4.78 is 0. The Balaban J connectivity index is 2.89. The topological polar surface area (TPSA) is 78.4 Å². The molecule has 0 saturated heterocycles. The number of hydrogen-bond acceptors (Lipinski definition) is 4. The fourth-order valence-electron chi connectivity index (χ4n) is 1.18. The first-order chi connectivity index (χ1) is 6.65. The van der Waals surface area contributed by atoms with Crippen molar-refractivity contribution >= 4 is 5.69 Å². The molecule has 1 aromatic rings. The molecular formula is C9H12N2O3. The molecule has 5 nitrogen and oxygen atoms in total. The molecule has 0 unspecified atom stereocenters. The molecule has 0 aliphatic heterocycles. The van der Waals surface area contributed by atoms with Crippen LogP contribution < -0.4 is 5.90 Å². The van der Waals surface area contributed by atoms with Gasteiger partial charge in [-0.25, -0.2) is 5.90 Å². The van der Waals surface area contributed by atoms with E-state index in [4.69, 9.17) is 5.90 Å². The van der Waals surface area contributed by atoms with Gasteiger partial charge >= 0.3 is 0 Å². The van der Waals surface area contributed by atoms with Crippen molar-refractivity contribution < 1.29 is 9.76 Å². The Labute approximate surface area is 81.6 Å². The number of nitro groups is 1. The van der Waals surface area contributed by atoms with Gasteiger partial charge in [-0.15, -0.1) is 0 Å². The monoisotopic (exact) mass is 196 g/mol. The molecule has 0 bridgehead atoms. The number of aryl methyl sites for hydroxylation is 1. The fourth-order valence-corrected chi connectivity index (χ4v) is 1.18. The molecule has 0 aliphatic carbocycles. The van der Waals surface area contributed by atoms with Gasteiger partial charge in [0.2, 0.25) is 0 Å². The second-order valence-corrected chi connectivity index (χ2v) is 3.00. The summed E-state index contributed by atoms with van der Waals surface area (Å²) in [5.74, 6) is 4.87. The maximum absolute atomic E-state index is 10.6. The van der Waals surface area contributed by atoms with Crippen molar-refractivity contribution in [2.24, 2.45) is 5.90 Å². The molecule has 0 aliphatic rings. The van der Waals surface area contributed by atoms with Crippen LogP contribution in [-0.2, 0) is 11.3 Å². The second-order valence-electron chi connectivity index (χ2n) is 3.00. The van der Waals surface area contributed by atoms with Crippen LogP contribution >= 0.6 is 0 Å². The number of rotatable bonds is 4. The first kappa shape index (κ1) is 10.6. The van der Waals surface area contributed by atoms with Gasteiger partial charge < -0.3 is 4.84 Å². The summed E-state index contributed by atoms with van der Waals surface area (Å²) in [6, 6.07) is 5.11. The Hall–Kier alpha value is -1.46. The molecule has 0 fully saturated rings. The predicted molar refractivity (Wildman–Crippen MR) is 51.7 cm³/mol. The number of nitro benzene ring substituents is 1.